The number of hydrogen-bond acceptors (Lipinski definition) is 2. The number of amides is 1. The van der Waals surface area contributed by atoms with Crippen molar-refractivity contribution in [2.75, 3.05) is 18.6 Å². The summed E-state index contributed by atoms with van der Waals surface area (Å²) in [6.07, 6.45) is 1.78. The van der Waals surface area contributed by atoms with Crippen LogP contribution in [0.1, 0.15) is 12.0 Å². The minimum Gasteiger partial charge on any atom is -0.452 e. The zero-order chi connectivity index (χ0) is 9.97. The van der Waals surface area contributed by atoms with E-state index < -0.39 is 0 Å². The number of ether oxygens (including phenoxy) is 1. The minimum atomic E-state index is -0.267. The Morgan fingerprint density at radius 1 is 1.40 bits per heavy atom. The average molecular weight is 205 g/mol. The molecule has 0 fully saturated rings. The molecule has 1 aromatic rings. The molecule has 0 saturated carbocycles. The highest BCUT2D eigenvalue weighted by Crippen LogP contribution is 2.26. The molecule has 4 nitrogen and oxygen atoms in total. The van der Waals surface area contributed by atoms with E-state index in [0.717, 1.165) is 25.1 Å². The van der Waals surface area contributed by atoms with Crippen molar-refractivity contribution in [1.82, 2.24) is 6.15 Å². The lowest BCUT2D eigenvalue weighted by Crippen LogP contribution is -2.35. The molecule has 0 bridgehead atoms. The second-order valence-electron chi connectivity index (χ2n) is 3.35. The molecule has 15 heavy (non-hydrogen) atoms. The summed E-state index contributed by atoms with van der Waals surface area (Å²) in [5.41, 5.74) is 2.22. The van der Waals surface area contributed by atoms with E-state index in [0.29, 0.717) is 0 Å². The molecular weight excluding hydrogens is 192 g/mol. The highest BCUT2D eigenvalue weighted by atomic mass is 16.5. The quantitative estimate of drug-likeness (QED) is 0.647. The molecule has 0 N–H and O–H groups in total. The Labute approximate surface area is 89.4 Å². The molecule has 79 valence electrons. The lowest BCUT2D eigenvalue weighted by molar-refractivity contribution is 0.178. The topological polar surface area (TPSA) is 60.0 Å². The molecule has 1 heterocycles. The van der Waals surface area contributed by atoms with Crippen LogP contribution in [-0.4, -0.2) is 19.7 Å². The molecule has 0 unspecified atom stereocenters. The Kier molecular flexibility index (Phi) is 3.68. The largest absolute Gasteiger partial charge is 0.452 e. The van der Waals surface area contributed by atoms with Gasteiger partial charge in [0.25, 0.3) is 0 Å². The van der Waals surface area contributed by atoms with Gasteiger partial charge in [0.15, 0.2) is 0 Å². The van der Waals surface area contributed by atoms with Gasteiger partial charge in [-0.1, -0.05) is 18.2 Å². The predicted octanol–water partition coefficient (Wildman–Crippen LogP) is 1.72. The second kappa shape index (κ2) is 4.79. The van der Waals surface area contributed by atoms with E-state index in [-0.39, 0.29) is 12.2 Å². The molecule has 0 atom stereocenters. The van der Waals surface area contributed by atoms with Gasteiger partial charge >= 0.3 is 6.09 Å². The summed E-state index contributed by atoms with van der Waals surface area (Å²) in [6.45, 7) is 0.754. The van der Waals surface area contributed by atoms with Gasteiger partial charge in [-0.2, -0.15) is 0 Å². The number of benzene rings is 1. The number of hydrogen-bond donors (Lipinski definition) is 0. The third-order valence-corrected chi connectivity index (χ3v) is 2.51. The molecule has 4 heteroatoms. The van der Waals surface area contributed by atoms with Crippen molar-refractivity contribution in [2.45, 2.75) is 12.8 Å². The van der Waals surface area contributed by atoms with Gasteiger partial charge in [0, 0.05) is 12.7 Å². The Morgan fingerprint density at radius 3 is 2.87 bits per heavy atom. The van der Waals surface area contributed by atoms with E-state index in [1.807, 2.05) is 18.2 Å². The summed E-state index contributed by atoms with van der Waals surface area (Å²) in [5.74, 6) is 0. The Bertz CT molecular complexity index is 352. The Morgan fingerprint density at radius 2 is 2.13 bits per heavy atom. The van der Waals surface area contributed by atoms with Crippen LogP contribution in [0.25, 0.3) is 0 Å². The normalized spacial score (nSPS) is 13.8. The third kappa shape index (κ3) is 2.10. The number of anilines is 1. The van der Waals surface area contributed by atoms with Gasteiger partial charge in [-0.15, -0.1) is 0 Å². The molecule has 2 rings (SSSR count). The van der Waals surface area contributed by atoms with Crippen molar-refractivity contribution < 1.29 is 9.53 Å². The minimum absolute atomic E-state index is 0. The Balaban J connectivity index is 0.00000112. The number of rotatable bonds is 0. The van der Waals surface area contributed by atoms with Crippen molar-refractivity contribution in [1.29, 1.82) is 0 Å². The lowest BCUT2D eigenvalue weighted by atomic mass is 10.0. The molecule has 1 aromatic carbocycles. The number of carbonyl (C=O) groups is 1. The van der Waals surface area contributed by atoms with E-state index in [4.69, 9.17) is 4.74 Å². The SMILES string of the molecule is COC(=O)N1CCCc2ccccc21.[N]. The summed E-state index contributed by atoms with van der Waals surface area (Å²) < 4.78 is 4.73. The van der Waals surface area contributed by atoms with Gasteiger partial charge in [-0.3, -0.25) is 4.90 Å². The summed E-state index contributed by atoms with van der Waals surface area (Å²) >= 11 is 0. The zero-order valence-electron chi connectivity index (χ0n) is 8.64. The number of methoxy groups -OCH3 is 1. The van der Waals surface area contributed by atoms with Gasteiger partial charge in [-0.05, 0) is 24.5 Å². The van der Waals surface area contributed by atoms with Crippen molar-refractivity contribution in [3.05, 3.63) is 29.8 Å². The number of carbonyl (C=O) groups excluding carboxylic acids is 1. The monoisotopic (exact) mass is 205 g/mol. The third-order valence-electron chi connectivity index (χ3n) is 2.51. The summed E-state index contributed by atoms with van der Waals surface area (Å²) in [6, 6.07) is 7.97. The van der Waals surface area contributed by atoms with Crippen LogP contribution in [0.3, 0.4) is 0 Å². The molecule has 0 aliphatic carbocycles. The summed E-state index contributed by atoms with van der Waals surface area (Å²) in [7, 11) is 1.42. The maximum Gasteiger partial charge on any atom is 0.414 e. The fourth-order valence-electron chi connectivity index (χ4n) is 1.83. The molecular formula is C11H13N2O2. The first kappa shape index (κ1) is 11.5. The number of fused-ring (bicyclic) bond motifs is 1. The predicted molar refractivity (Wildman–Crippen MR) is 56.6 cm³/mol. The van der Waals surface area contributed by atoms with Crippen molar-refractivity contribution in [3.63, 3.8) is 0 Å². The zero-order valence-corrected chi connectivity index (χ0v) is 8.64. The lowest BCUT2D eigenvalue weighted by Gasteiger charge is -2.27. The molecule has 0 aromatic heterocycles. The van der Waals surface area contributed by atoms with E-state index in [1.54, 1.807) is 4.90 Å². The molecule has 1 aliphatic rings. The first-order valence-electron chi connectivity index (χ1n) is 4.76. The highest BCUT2D eigenvalue weighted by Gasteiger charge is 2.21. The fourth-order valence-corrected chi connectivity index (χ4v) is 1.83. The number of aryl methyl sites for hydroxylation is 1. The van der Waals surface area contributed by atoms with E-state index in [2.05, 4.69) is 6.07 Å². The second-order valence-corrected chi connectivity index (χ2v) is 3.35. The van der Waals surface area contributed by atoms with Crippen LogP contribution in [0.2, 0.25) is 0 Å². The summed E-state index contributed by atoms with van der Waals surface area (Å²) in [4.78, 5) is 13.1. The van der Waals surface area contributed by atoms with Crippen LogP contribution >= 0.6 is 0 Å². The van der Waals surface area contributed by atoms with Gasteiger partial charge < -0.3 is 4.74 Å². The van der Waals surface area contributed by atoms with E-state index in [1.165, 1.54) is 12.7 Å². The van der Waals surface area contributed by atoms with Gasteiger partial charge in [0.2, 0.25) is 0 Å². The van der Waals surface area contributed by atoms with Crippen LogP contribution in [0.5, 0.6) is 0 Å². The van der Waals surface area contributed by atoms with Crippen LogP contribution in [0.15, 0.2) is 24.3 Å². The average Bonchev–Trinajstić information content (AvgIpc) is 2.27. The van der Waals surface area contributed by atoms with Gasteiger partial charge in [0.1, 0.15) is 0 Å². The smallest absolute Gasteiger partial charge is 0.414 e. The van der Waals surface area contributed by atoms with Crippen LogP contribution in [0.4, 0.5) is 10.5 Å². The number of nitrogens with zero attached hydrogens (tertiary/aromatic N) is 2. The van der Waals surface area contributed by atoms with Gasteiger partial charge in [0.05, 0.1) is 12.8 Å². The highest BCUT2D eigenvalue weighted by molar-refractivity contribution is 5.89. The van der Waals surface area contributed by atoms with Crippen LogP contribution in [0, 0.1) is 0 Å². The van der Waals surface area contributed by atoms with Crippen LogP contribution < -0.4 is 11.1 Å². The van der Waals surface area contributed by atoms with Gasteiger partial charge in [-0.25, -0.2) is 4.79 Å². The van der Waals surface area contributed by atoms with E-state index in [9.17, 15) is 4.79 Å². The fraction of sp³-hybridized carbons (Fsp3) is 0.364. The summed E-state index contributed by atoms with van der Waals surface area (Å²) in [5, 5.41) is 0. The number of para-hydroxylation sites is 1. The molecule has 0 saturated heterocycles. The maximum absolute atomic E-state index is 11.4. The molecule has 3 radical (unpaired) electrons. The molecule has 1 aliphatic heterocycles. The maximum atomic E-state index is 11.4. The Hall–Kier alpha value is -1.55. The van der Waals surface area contributed by atoms with Crippen LogP contribution in [-0.2, 0) is 11.2 Å². The first-order valence-corrected chi connectivity index (χ1v) is 4.76. The molecule has 0 spiro atoms. The van der Waals surface area contributed by atoms with Crippen molar-refractivity contribution >= 4 is 11.8 Å². The first-order chi connectivity index (χ1) is 6.83. The standard InChI is InChI=1S/C11H13NO2.N/c1-14-11(13)12-8-4-6-9-5-2-3-7-10(9)12;/h2-3,5,7H,4,6,8H2,1H3;. The van der Waals surface area contributed by atoms with Crippen molar-refractivity contribution in [3.8, 4) is 0 Å². The molecule has 1 amide bonds. The van der Waals surface area contributed by atoms with E-state index >= 15 is 0 Å². The van der Waals surface area contributed by atoms with Crippen molar-refractivity contribution in [2.24, 2.45) is 0 Å².